The summed E-state index contributed by atoms with van der Waals surface area (Å²) >= 11 is 0. The number of hydrogen-bond donors (Lipinski definition) is 1. The van der Waals surface area contributed by atoms with Crippen LogP contribution in [0.4, 0.5) is 0 Å². The van der Waals surface area contributed by atoms with Gasteiger partial charge in [0.25, 0.3) is 5.82 Å². The maximum atomic E-state index is 8.52. The number of nitrogens with two attached hydrogens (primary N) is 1. The Hall–Kier alpha value is -1.41. The van der Waals surface area contributed by atoms with E-state index < -0.39 is 0 Å². The van der Waals surface area contributed by atoms with E-state index >= 15 is 0 Å². The fourth-order valence-electron chi connectivity index (χ4n) is 1.17. The minimum Gasteiger partial charge on any atom is -0.328 e. The summed E-state index contributed by atoms with van der Waals surface area (Å²) in [5.41, 5.74) is 5.58. The average Bonchev–Trinajstić information content (AvgIpc) is 2.53. The van der Waals surface area contributed by atoms with Gasteiger partial charge < -0.3 is 5.73 Å². The van der Waals surface area contributed by atoms with Crippen LogP contribution in [0, 0.1) is 17.2 Å². The number of nitriles is 1. The number of nitrogens with zero attached hydrogens (tertiary/aromatic N) is 4. The van der Waals surface area contributed by atoms with E-state index in [2.05, 4.69) is 23.9 Å². The first-order valence-corrected chi connectivity index (χ1v) is 4.20. The van der Waals surface area contributed by atoms with Gasteiger partial charge in [-0.05, 0) is 5.92 Å². The van der Waals surface area contributed by atoms with Crippen molar-refractivity contribution >= 4 is 0 Å². The SMILES string of the molecule is CC(C)C(CN)n1cnc(C#N)n1. The summed E-state index contributed by atoms with van der Waals surface area (Å²) in [5, 5.41) is 12.5. The lowest BCUT2D eigenvalue weighted by Gasteiger charge is -2.18. The van der Waals surface area contributed by atoms with Gasteiger partial charge in [0.1, 0.15) is 12.4 Å². The van der Waals surface area contributed by atoms with E-state index in [0.29, 0.717) is 12.5 Å². The first kappa shape index (κ1) is 9.68. The summed E-state index contributed by atoms with van der Waals surface area (Å²) in [6.45, 7) is 4.63. The molecule has 2 N–H and O–H groups in total. The number of rotatable bonds is 3. The Kier molecular flexibility index (Phi) is 2.98. The summed E-state index contributed by atoms with van der Waals surface area (Å²) in [6.07, 6.45) is 1.55. The first-order valence-electron chi connectivity index (χ1n) is 4.20. The molecule has 0 saturated heterocycles. The van der Waals surface area contributed by atoms with Crippen LogP contribution in [-0.2, 0) is 0 Å². The molecule has 0 saturated carbocycles. The Morgan fingerprint density at radius 3 is 2.77 bits per heavy atom. The minimum absolute atomic E-state index is 0.120. The summed E-state index contributed by atoms with van der Waals surface area (Å²) < 4.78 is 1.66. The lowest BCUT2D eigenvalue weighted by molar-refractivity contribution is 0.353. The van der Waals surface area contributed by atoms with Crippen LogP contribution in [0.5, 0.6) is 0 Å². The molecule has 0 amide bonds. The highest BCUT2D eigenvalue weighted by Crippen LogP contribution is 2.13. The van der Waals surface area contributed by atoms with Gasteiger partial charge in [-0.2, -0.15) is 5.26 Å². The van der Waals surface area contributed by atoms with Crippen molar-refractivity contribution in [3.8, 4) is 6.07 Å². The van der Waals surface area contributed by atoms with Crippen molar-refractivity contribution in [2.24, 2.45) is 11.7 Å². The van der Waals surface area contributed by atoms with E-state index in [1.165, 1.54) is 0 Å². The molecule has 0 bridgehead atoms. The Morgan fingerprint density at radius 2 is 2.38 bits per heavy atom. The van der Waals surface area contributed by atoms with Gasteiger partial charge in [0.05, 0.1) is 6.04 Å². The Balaban J connectivity index is 2.87. The van der Waals surface area contributed by atoms with Gasteiger partial charge in [-0.15, -0.1) is 5.10 Å². The van der Waals surface area contributed by atoms with Crippen LogP contribution in [-0.4, -0.2) is 21.3 Å². The summed E-state index contributed by atoms with van der Waals surface area (Å²) in [4.78, 5) is 3.82. The fourth-order valence-corrected chi connectivity index (χ4v) is 1.17. The largest absolute Gasteiger partial charge is 0.328 e. The molecule has 70 valence electrons. The van der Waals surface area contributed by atoms with Crippen molar-refractivity contribution in [1.29, 1.82) is 5.26 Å². The Morgan fingerprint density at radius 1 is 1.69 bits per heavy atom. The third-order valence-corrected chi connectivity index (χ3v) is 1.96. The molecule has 1 rings (SSSR count). The zero-order valence-electron chi connectivity index (χ0n) is 7.81. The average molecular weight is 179 g/mol. The minimum atomic E-state index is 0.120. The molecule has 0 aliphatic carbocycles. The lowest BCUT2D eigenvalue weighted by Crippen LogP contribution is -2.24. The van der Waals surface area contributed by atoms with E-state index in [9.17, 15) is 0 Å². The van der Waals surface area contributed by atoms with Crippen LogP contribution in [0.15, 0.2) is 6.33 Å². The van der Waals surface area contributed by atoms with Crippen LogP contribution in [0.1, 0.15) is 25.7 Å². The van der Waals surface area contributed by atoms with Crippen molar-refractivity contribution in [2.75, 3.05) is 6.54 Å². The predicted molar refractivity (Wildman–Crippen MR) is 47.7 cm³/mol. The van der Waals surface area contributed by atoms with Crippen molar-refractivity contribution in [2.45, 2.75) is 19.9 Å². The van der Waals surface area contributed by atoms with Gasteiger partial charge in [0.15, 0.2) is 0 Å². The topological polar surface area (TPSA) is 80.5 Å². The maximum absolute atomic E-state index is 8.52. The molecular formula is C8H13N5. The molecule has 0 radical (unpaired) electrons. The van der Waals surface area contributed by atoms with Gasteiger partial charge >= 0.3 is 0 Å². The highest BCUT2D eigenvalue weighted by Gasteiger charge is 2.14. The lowest BCUT2D eigenvalue weighted by atomic mass is 10.1. The monoisotopic (exact) mass is 179 g/mol. The molecule has 1 atom stereocenters. The van der Waals surface area contributed by atoms with Crippen LogP contribution in [0.3, 0.4) is 0 Å². The molecule has 1 aromatic rings. The zero-order chi connectivity index (χ0) is 9.84. The van der Waals surface area contributed by atoms with Crippen molar-refractivity contribution in [3.63, 3.8) is 0 Å². The standard InChI is InChI=1S/C8H13N5/c1-6(2)7(3-9)13-5-11-8(4-10)12-13/h5-7H,3,9H2,1-2H3. The van der Waals surface area contributed by atoms with Crippen LogP contribution in [0.25, 0.3) is 0 Å². The molecule has 13 heavy (non-hydrogen) atoms. The normalized spacial score (nSPS) is 12.8. The first-order chi connectivity index (χ1) is 6.19. The third-order valence-electron chi connectivity index (χ3n) is 1.96. The second-order valence-corrected chi connectivity index (χ2v) is 3.21. The van der Waals surface area contributed by atoms with Crippen molar-refractivity contribution in [3.05, 3.63) is 12.2 Å². The quantitative estimate of drug-likeness (QED) is 0.723. The van der Waals surface area contributed by atoms with Gasteiger partial charge in [-0.25, -0.2) is 9.67 Å². The second-order valence-electron chi connectivity index (χ2n) is 3.21. The van der Waals surface area contributed by atoms with Crippen LogP contribution < -0.4 is 5.73 Å². The molecule has 0 aliphatic rings. The molecular weight excluding hydrogens is 166 g/mol. The van der Waals surface area contributed by atoms with Gasteiger partial charge in [-0.1, -0.05) is 13.8 Å². The number of aromatic nitrogens is 3. The molecule has 0 aliphatic heterocycles. The molecule has 1 aromatic heterocycles. The summed E-state index contributed by atoms with van der Waals surface area (Å²) in [6, 6.07) is 2.00. The van der Waals surface area contributed by atoms with Crippen molar-refractivity contribution < 1.29 is 0 Å². The van der Waals surface area contributed by atoms with Crippen LogP contribution >= 0.6 is 0 Å². The molecule has 0 aromatic carbocycles. The Bertz CT molecular complexity index is 309. The van der Waals surface area contributed by atoms with E-state index in [1.54, 1.807) is 11.0 Å². The third kappa shape index (κ3) is 2.04. The van der Waals surface area contributed by atoms with Gasteiger partial charge in [-0.3, -0.25) is 0 Å². The fraction of sp³-hybridized carbons (Fsp3) is 0.625. The number of hydrogen-bond acceptors (Lipinski definition) is 4. The summed E-state index contributed by atoms with van der Waals surface area (Å²) in [5.74, 6) is 0.581. The molecule has 0 fully saturated rings. The molecule has 0 spiro atoms. The van der Waals surface area contributed by atoms with E-state index in [0.717, 1.165) is 0 Å². The molecule has 1 heterocycles. The van der Waals surface area contributed by atoms with E-state index in [-0.39, 0.29) is 11.9 Å². The summed E-state index contributed by atoms with van der Waals surface area (Å²) in [7, 11) is 0. The van der Waals surface area contributed by atoms with Crippen molar-refractivity contribution in [1.82, 2.24) is 14.8 Å². The van der Waals surface area contributed by atoms with Gasteiger partial charge in [0, 0.05) is 6.54 Å². The molecule has 5 heteroatoms. The Labute approximate surface area is 77.2 Å². The smallest absolute Gasteiger partial charge is 0.252 e. The zero-order valence-corrected chi connectivity index (χ0v) is 7.81. The van der Waals surface area contributed by atoms with E-state index in [4.69, 9.17) is 11.0 Å². The predicted octanol–water partition coefficient (Wildman–Crippen LogP) is 0.306. The molecule has 5 nitrogen and oxygen atoms in total. The molecule has 1 unspecified atom stereocenters. The van der Waals surface area contributed by atoms with E-state index in [1.807, 2.05) is 6.07 Å². The van der Waals surface area contributed by atoms with Crippen LogP contribution in [0.2, 0.25) is 0 Å². The maximum Gasteiger partial charge on any atom is 0.252 e. The highest BCUT2D eigenvalue weighted by molar-refractivity contribution is 5.05. The highest BCUT2D eigenvalue weighted by atomic mass is 15.3. The second kappa shape index (κ2) is 4.01. The van der Waals surface area contributed by atoms with Gasteiger partial charge in [0.2, 0.25) is 0 Å².